The quantitative estimate of drug-likeness (QED) is 0.441. The van der Waals surface area contributed by atoms with Gasteiger partial charge in [0.1, 0.15) is 5.52 Å². The van der Waals surface area contributed by atoms with Gasteiger partial charge in [0, 0.05) is 11.6 Å². The Morgan fingerprint density at radius 1 is 1.53 bits per heavy atom. The molecule has 0 N–H and O–H groups in total. The third-order valence-corrected chi connectivity index (χ3v) is 3.22. The average Bonchev–Trinajstić information content (AvgIpc) is 2.34. The summed E-state index contributed by atoms with van der Waals surface area (Å²) in [5.74, 6) is 0.359. The number of ether oxygens (including phenoxy) is 2. The van der Waals surface area contributed by atoms with Crippen LogP contribution in [0.5, 0.6) is 5.75 Å². The molecular formula is C11H7ClINO3. The zero-order chi connectivity index (χ0) is 12.4. The molecule has 0 saturated carbocycles. The van der Waals surface area contributed by atoms with E-state index in [9.17, 15) is 4.79 Å². The normalized spacial score (nSPS) is 10.3. The van der Waals surface area contributed by atoms with E-state index in [1.807, 2.05) is 28.7 Å². The van der Waals surface area contributed by atoms with Crippen LogP contribution in [0, 0.1) is 3.57 Å². The lowest BCUT2D eigenvalue weighted by Crippen LogP contribution is -2.09. The van der Waals surface area contributed by atoms with E-state index in [2.05, 4.69) is 9.72 Å². The highest BCUT2D eigenvalue weighted by Crippen LogP contribution is 2.34. The Kier molecular flexibility index (Phi) is 3.68. The first-order valence-electron chi connectivity index (χ1n) is 4.62. The van der Waals surface area contributed by atoms with Crippen molar-refractivity contribution in [2.75, 3.05) is 7.11 Å². The number of carbonyl (C=O) groups is 1. The fourth-order valence-electron chi connectivity index (χ4n) is 1.37. The lowest BCUT2D eigenvalue weighted by Gasteiger charge is -2.09. The van der Waals surface area contributed by atoms with Crippen molar-refractivity contribution in [3.8, 4) is 5.75 Å². The van der Waals surface area contributed by atoms with Crippen LogP contribution in [0.25, 0.3) is 10.9 Å². The molecular weight excluding hydrogens is 356 g/mol. The summed E-state index contributed by atoms with van der Waals surface area (Å²) in [6.07, 6.45) is 0.830. The van der Waals surface area contributed by atoms with Crippen molar-refractivity contribution in [3.05, 3.63) is 33.0 Å². The molecule has 17 heavy (non-hydrogen) atoms. The van der Waals surface area contributed by atoms with Gasteiger partial charge in [-0.05, 0) is 40.8 Å². The smallest absolute Gasteiger partial charge is 0.437 e. The Bertz CT molecular complexity index is 588. The molecule has 0 aliphatic carbocycles. The summed E-state index contributed by atoms with van der Waals surface area (Å²) in [5.41, 5.74) is 0.537. The number of benzene rings is 1. The van der Waals surface area contributed by atoms with E-state index >= 15 is 0 Å². The third kappa shape index (κ3) is 2.44. The lowest BCUT2D eigenvalue weighted by molar-refractivity contribution is 0.121. The van der Waals surface area contributed by atoms with Crippen molar-refractivity contribution in [2.24, 2.45) is 0 Å². The van der Waals surface area contributed by atoms with E-state index in [-0.39, 0.29) is 0 Å². The maximum atomic E-state index is 11.2. The van der Waals surface area contributed by atoms with Crippen molar-refractivity contribution < 1.29 is 14.3 Å². The van der Waals surface area contributed by atoms with Crippen LogP contribution in [0.2, 0.25) is 5.02 Å². The van der Waals surface area contributed by atoms with Crippen LogP contribution in [-0.4, -0.2) is 18.2 Å². The second kappa shape index (κ2) is 5.05. The second-order valence-corrected chi connectivity index (χ2v) is 4.69. The number of hydrogen-bond acceptors (Lipinski definition) is 4. The van der Waals surface area contributed by atoms with Crippen molar-refractivity contribution in [2.45, 2.75) is 0 Å². The molecule has 2 rings (SSSR count). The van der Waals surface area contributed by atoms with Gasteiger partial charge in [0.15, 0.2) is 5.75 Å². The van der Waals surface area contributed by atoms with Gasteiger partial charge < -0.3 is 9.47 Å². The molecule has 2 aromatic rings. The predicted octanol–water partition coefficient (Wildman–Crippen LogP) is 3.64. The largest absolute Gasteiger partial charge is 0.513 e. The van der Waals surface area contributed by atoms with Gasteiger partial charge >= 0.3 is 6.16 Å². The number of hydrogen-bond donors (Lipinski definition) is 0. The standard InChI is InChI=1S/C11H7ClINO3/c1-16-11(15)17-10-8(13)5-7(12)6-3-2-4-14-9(6)10/h2-5H,1H3. The molecule has 0 spiro atoms. The number of halogens is 2. The first-order chi connectivity index (χ1) is 8.13. The predicted molar refractivity (Wildman–Crippen MR) is 72.5 cm³/mol. The van der Waals surface area contributed by atoms with Crippen LogP contribution in [0.15, 0.2) is 24.4 Å². The summed E-state index contributed by atoms with van der Waals surface area (Å²) >= 11 is 8.11. The molecule has 0 aliphatic rings. The Hall–Kier alpha value is -1.08. The van der Waals surface area contributed by atoms with E-state index in [0.717, 1.165) is 5.39 Å². The highest BCUT2D eigenvalue weighted by atomic mass is 127. The topological polar surface area (TPSA) is 48.4 Å². The van der Waals surface area contributed by atoms with Gasteiger partial charge in [0.05, 0.1) is 15.7 Å². The van der Waals surface area contributed by atoms with Crippen LogP contribution < -0.4 is 4.74 Å². The Morgan fingerprint density at radius 2 is 2.29 bits per heavy atom. The molecule has 0 bridgehead atoms. The van der Waals surface area contributed by atoms with Crippen LogP contribution in [-0.2, 0) is 4.74 Å². The van der Waals surface area contributed by atoms with E-state index in [1.54, 1.807) is 18.3 Å². The Labute approximate surface area is 116 Å². The molecule has 6 heteroatoms. The Balaban J connectivity index is 2.65. The van der Waals surface area contributed by atoms with Crippen LogP contribution in [0.4, 0.5) is 4.79 Å². The molecule has 88 valence electrons. The molecule has 0 saturated heterocycles. The maximum absolute atomic E-state index is 11.2. The zero-order valence-corrected chi connectivity index (χ0v) is 11.7. The molecule has 0 atom stereocenters. The first kappa shape index (κ1) is 12.4. The monoisotopic (exact) mass is 363 g/mol. The maximum Gasteiger partial charge on any atom is 0.513 e. The van der Waals surface area contributed by atoms with Gasteiger partial charge in [-0.2, -0.15) is 0 Å². The fraction of sp³-hybridized carbons (Fsp3) is 0.0909. The lowest BCUT2D eigenvalue weighted by atomic mass is 10.2. The minimum Gasteiger partial charge on any atom is -0.437 e. The minimum absolute atomic E-state index is 0.359. The summed E-state index contributed by atoms with van der Waals surface area (Å²) in [5, 5.41) is 1.29. The van der Waals surface area contributed by atoms with Crippen molar-refractivity contribution in [1.82, 2.24) is 4.98 Å². The molecule has 1 aromatic heterocycles. The van der Waals surface area contributed by atoms with Crippen LogP contribution >= 0.6 is 34.2 Å². The van der Waals surface area contributed by atoms with Gasteiger partial charge in [0.25, 0.3) is 0 Å². The zero-order valence-electron chi connectivity index (χ0n) is 8.74. The highest BCUT2D eigenvalue weighted by molar-refractivity contribution is 14.1. The van der Waals surface area contributed by atoms with Crippen molar-refractivity contribution >= 4 is 51.3 Å². The van der Waals surface area contributed by atoms with Crippen molar-refractivity contribution in [1.29, 1.82) is 0 Å². The Morgan fingerprint density at radius 3 is 3.00 bits per heavy atom. The van der Waals surface area contributed by atoms with E-state index < -0.39 is 6.16 Å². The van der Waals surface area contributed by atoms with Crippen LogP contribution in [0.3, 0.4) is 0 Å². The number of nitrogens with zero attached hydrogens (tertiary/aromatic N) is 1. The third-order valence-electron chi connectivity index (χ3n) is 2.10. The number of fused-ring (bicyclic) bond motifs is 1. The molecule has 1 heterocycles. The van der Waals surface area contributed by atoms with Crippen molar-refractivity contribution in [3.63, 3.8) is 0 Å². The average molecular weight is 364 g/mol. The van der Waals surface area contributed by atoms with Gasteiger partial charge in [-0.25, -0.2) is 4.79 Å². The minimum atomic E-state index is -0.780. The van der Waals surface area contributed by atoms with Gasteiger partial charge in [0.2, 0.25) is 0 Å². The summed E-state index contributed by atoms with van der Waals surface area (Å²) in [7, 11) is 1.25. The summed E-state index contributed by atoms with van der Waals surface area (Å²) in [4.78, 5) is 15.3. The second-order valence-electron chi connectivity index (χ2n) is 3.13. The number of aromatic nitrogens is 1. The molecule has 0 radical (unpaired) electrons. The number of methoxy groups -OCH3 is 1. The van der Waals surface area contributed by atoms with E-state index in [4.69, 9.17) is 16.3 Å². The molecule has 0 aliphatic heterocycles. The van der Waals surface area contributed by atoms with E-state index in [0.29, 0.717) is 19.9 Å². The summed E-state index contributed by atoms with van der Waals surface area (Å²) in [6.45, 7) is 0. The molecule has 0 fully saturated rings. The molecule has 1 aromatic carbocycles. The number of rotatable bonds is 1. The van der Waals surface area contributed by atoms with E-state index in [1.165, 1.54) is 7.11 Å². The van der Waals surface area contributed by atoms with Gasteiger partial charge in [-0.3, -0.25) is 4.98 Å². The highest BCUT2D eigenvalue weighted by Gasteiger charge is 2.15. The number of pyridine rings is 1. The van der Waals surface area contributed by atoms with Gasteiger partial charge in [-0.1, -0.05) is 11.6 Å². The summed E-state index contributed by atoms with van der Waals surface area (Å²) < 4.78 is 10.2. The molecule has 0 unspecified atom stereocenters. The SMILES string of the molecule is COC(=O)Oc1c(I)cc(Cl)c2cccnc12. The summed E-state index contributed by atoms with van der Waals surface area (Å²) in [6, 6.07) is 5.29. The number of carbonyl (C=O) groups excluding carboxylic acids is 1. The first-order valence-corrected chi connectivity index (χ1v) is 6.07. The molecule has 4 nitrogen and oxygen atoms in total. The molecule has 0 amide bonds. The van der Waals surface area contributed by atoms with Crippen LogP contribution in [0.1, 0.15) is 0 Å². The fourth-order valence-corrected chi connectivity index (χ4v) is 2.49. The van der Waals surface area contributed by atoms with Gasteiger partial charge in [-0.15, -0.1) is 0 Å².